The van der Waals surface area contributed by atoms with E-state index in [9.17, 15) is 0 Å². The van der Waals surface area contributed by atoms with Crippen molar-refractivity contribution >= 4 is 11.3 Å². The molecule has 0 saturated heterocycles. The lowest BCUT2D eigenvalue weighted by Gasteiger charge is -2.14. The number of aromatic nitrogens is 3. The average Bonchev–Trinajstić information content (AvgIpc) is 2.90. The lowest BCUT2D eigenvalue weighted by atomic mass is 10.3. The van der Waals surface area contributed by atoms with Gasteiger partial charge in [-0.05, 0) is 26.8 Å². The second kappa shape index (κ2) is 6.11. The number of hydrogen-bond acceptors (Lipinski definition) is 4. The van der Waals surface area contributed by atoms with Crippen molar-refractivity contribution < 1.29 is 0 Å². The van der Waals surface area contributed by atoms with Gasteiger partial charge in [0.1, 0.15) is 0 Å². The van der Waals surface area contributed by atoms with Crippen LogP contribution in [0.15, 0.2) is 17.6 Å². The largest absolute Gasteiger partial charge is 0.312 e. The van der Waals surface area contributed by atoms with Crippen LogP contribution in [0.2, 0.25) is 0 Å². The first kappa shape index (κ1) is 13.2. The van der Waals surface area contributed by atoms with E-state index < -0.39 is 0 Å². The van der Waals surface area contributed by atoms with Crippen molar-refractivity contribution in [1.29, 1.82) is 0 Å². The molecule has 4 nitrogen and oxygen atoms in total. The van der Waals surface area contributed by atoms with Gasteiger partial charge in [0.2, 0.25) is 0 Å². The topological polar surface area (TPSA) is 42.7 Å². The average molecular weight is 264 g/mol. The molecule has 0 spiro atoms. The molecule has 0 radical (unpaired) electrons. The quantitative estimate of drug-likeness (QED) is 0.869. The molecule has 1 atom stereocenters. The SMILES string of the molecule is Cc1cc(C)n(C[C@H](C)NCCc2nccs2)n1. The molecule has 2 heterocycles. The summed E-state index contributed by atoms with van der Waals surface area (Å²) in [5.74, 6) is 0. The third kappa shape index (κ3) is 3.65. The van der Waals surface area contributed by atoms with Crippen molar-refractivity contribution in [3.05, 3.63) is 34.0 Å². The zero-order valence-electron chi connectivity index (χ0n) is 11.2. The van der Waals surface area contributed by atoms with Crippen molar-refractivity contribution in [3.8, 4) is 0 Å². The molecule has 0 aliphatic heterocycles. The van der Waals surface area contributed by atoms with Gasteiger partial charge in [-0.25, -0.2) is 4.98 Å². The summed E-state index contributed by atoms with van der Waals surface area (Å²) in [5, 5.41) is 11.2. The lowest BCUT2D eigenvalue weighted by Crippen LogP contribution is -2.32. The van der Waals surface area contributed by atoms with E-state index in [1.165, 1.54) is 10.7 Å². The van der Waals surface area contributed by atoms with Crippen molar-refractivity contribution in [2.75, 3.05) is 6.54 Å². The number of nitrogens with one attached hydrogen (secondary N) is 1. The molecule has 0 aromatic carbocycles. The minimum atomic E-state index is 0.419. The summed E-state index contributed by atoms with van der Waals surface area (Å²) in [7, 11) is 0. The summed E-state index contributed by atoms with van der Waals surface area (Å²) in [6, 6.07) is 2.53. The molecular formula is C13H20N4S. The van der Waals surface area contributed by atoms with Crippen LogP contribution in [0.25, 0.3) is 0 Å². The molecule has 0 aliphatic rings. The lowest BCUT2D eigenvalue weighted by molar-refractivity contribution is 0.447. The van der Waals surface area contributed by atoms with Crippen molar-refractivity contribution in [3.63, 3.8) is 0 Å². The highest BCUT2D eigenvalue weighted by Crippen LogP contribution is 2.05. The second-order valence-electron chi connectivity index (χ2n) is 4.64. The first-order chi connectivity index (χ1) is 8.65. The Hall–Kier alpha value is -1.20. The Bertz CT molecular complexity index is 475. The van der Waals surface area contributed by atoms with Crippen LogP contribution in [0.4, 0.5) is 0 Å². The van der Waals surface area contributed by atoms with E-state index >= 15 is 0 Å². The summed E-state index contributed by atoms with van der Waals surface area (Å²) in [5.41, 5.74) is 2.31. The van der Waals surface area contributed by atoms with Gasteiger partial charge in [0.15, 0.2) is 0 Å². The number of nitrogens with zero attached hydrogens (tertiary/aromatic N) is 3. The van der Waals surface area contributed by atoms with E-state index in [1.54, 1.807) is 11.3 Å². The summed E-state index contributed by atoms with van der Waals surface area (Å²) >= 11 is 1.72. The van der Waals surface area contributed by atoms with Crippen LogP contribution in [-0.4, -0.2) is 27.4 Å². The molecule has 5 heteroatoms. The fourth-order valence-corrected chi connectivity index (χ4v) is 2.61. The summed E-state index contributed by atoms with van der Waals surface area (Å²) < 4.78 is 2.07. The molecule has 2 aromatic rings. The Kier molecular flexibility index (Phi) is 4.49. The first-order valence-electron chi connectivity index (χ1n) is 6.28. The molecule has 0 unspecified atom stereocenters. The Labute approximate surface area is 112 Å². The van der Waals surface area contributed by atoms with E-state index in [2.05, 4.69) is 40.0 Å². The summed E-state index contributed by atoms with van der Waals surface area (Å²) in [4.78, 5) is 4.28. The van der Waals surface area contributed by atoms with Gasteiger partial charge in [0.05, 0.1) is 17.2 Å². The number of thiazole rings is 1. The van der Waals surface area contributed by atoms with Gasteiger partial charge in [-0.1, -0.05) is 0 Å². The van der Waals surface area contributed by atoms with Gasteiger partial charge in [-0.2, -0.15) is 5.10 Å². The van der Waals surface area contributed by atoms with Crippen LogP contribution in [0.5, 0.6) is 0 Å². The van der Waals surface area contributed by atoms with Crippen molar-refractivity contribution in [1.82, 2.24) is 20.1 Å². The Morgan fingerprint density at radius 3 is 2.89 bits per heavy atom. The van der Waals surface area contributed by atoms with E-state index in [4.69, 9.17) is 0 Å². The molecule has 1 N–H and O–H groups in total. The highest BCUT2D eigenvalue weighted by Gasteiger charge is 2.06. The molecule has 0 fully saturated rings. The normalized spacial score (nSPS) is 12.8. The summed E-state index contributed by atoms with van der Waals surface area (Å²) in [6.45, 7) is 8.20. The van der Waals surface area contributed by atoms with Crippen molar-refractivity contribution in [2.24, 2.45) is 0 Å². The van der Waals surface area contributed by atoms with E-state index in [0.717, 1.165) is 25.2 Å². The third-order valence-corrected chi connectivity index (χ3v) is 3.70. The van der Waals surface area contributed by atoms with Gasteiger partial charge >= 0.3 is 0 Å². The Morgan fingerprint density at radius 2 is 2.28 bits per heavy atom. The maximum absolute atomic E-state index is 4.47. The number of rotatable bonds is 6. The highest BCUT2D eigenvalue weighted by molar-refractivity contribution is 7.09. The molecule has 98 valence electrons. The standard InChI is InChI=1S/C13H20N4S/c1-10-8-12(3)17(16-10)9-11(2)14-5-4-13-15-6-7-18-13/h6-8,11,14H,4-5,9H2,1-3H3/t11-/m0/s1. The molecule has 0 bridgehead atoms. The van der Waals surface area contributed by atoms with Crippen molar-refractivity contribution in [2.45, 2.75) is 39.8 Å². The van der Waals surface area contributed by atoms with E-state index in [0.29, 0.717) is 6.04 Å². The molecule has 0 aliphatic carbocycles. The molecule has 0 amide bonds. The molecular weight excluding hydrogens is 244 g/mol. The van der Waals surface area contributed by atoms with Crippen LogP contribution in [0, 0.1) is 13.8 Å². The van der Waals surface area contributed by atoms with E-state index in [1.807, 2.05) is 18.5 Å². The van der Waals surface area contributed by atoms with E-state index in [-0.39, 0.29) is 0 Å². The minimum Gasteiger partial charge on any atom is -0.312 e. The Morgan fingerprint density at radius 1 is 1.44 bits per heavy atom. The van der Waals surface area contributed by atoms with Crippen LogP contribution >= 0.6 is 11.3 Å². The molecule has 0 saturated carbocycles. The fourth-order valence-electron chi connectivity index (χ4n) is 1.99. The predicted molar refractivity (Wildman–Crippen MR) is 75.0 cm³/mol. The number of hydrogen-bond donors (Lipinski definition) is 1. The predicted octanol–water partition coefficient (Wildman–Crippen LogP) is 2.18. The summed E-state index contributed by atoms with van der Waals surface area (Å²) in [6.07, 6.45) is 2.86. The zero-order chi connectivity index (χ0) is 13.0. The monoisotopic (exact) mass is 264 g/mol. The van der Waals surface area contributed by atoms with Gasteiger partial charge in [-0.3, -0.25) is 4.68 Å². The van der Waals surface area contributed by atoms with Gasteiger partial charge in [0, 0.05) is 36.3 Å². The van der Waals surface area contributed by atoms with Gasteiger partial charge < -0.3 is 5.32 Å². The molecule has 2 rings (SSSR count). The molecule has 2 aromatic heterocycles. The fraction of sp³-hybridized carbons (Fsp3) is 0.538. The smallest absolute Gasteiger partial charge is 0.0937 e. The van der Waals surface area contributed by atoms with Gasteiger partial charge in [-0.15, -0.1) is 11.3 Å². The second-order valence-corrected chi connectivity index (χ2v) is 5.62. The highest BCUT2D eigenvalue weighted by atomic mass is 32.1. The maximum Gasteiger partial charge on any atom is 0.0937 e. The van der Waals surface area contributed by atoms with Crippen LogP contribution in [-0.2, 0) is 13.0 Å². The molecule has 18 heavy (non-hydrogen) atoms. The van der Waals surface area contributed by atoms with Crippen LogP contribution in [0.3, 0.4) is 0 Å². The first-order valence-corrected chi connectivity index (χ1v) is 7.16. The van der Waals surface area contributed by atoms with Crippen LogP contribution < -0.4 is 5.32 Å². The number of aryl methyl sites for hydroxylation is 2. The van der Waals surface area contributed by atoms with Crippen LogP contribution in [0.1, 0.15) is 23.3 Å². The third-order valence-electron chi connectivity index (χ3n) is 2.87. The maximum atomic E-state index is 4.47. The zero-order valence-corrected chi connectivity index (χ0v) is 12.0. The minimum absolute atomic E-state index is 0.419. The Balaban J connectivity index is 1.75. The van der Waals surface area contributed by atoms with Gasteiger partial charge in [0.25, 0.3) is 0 Å².